The minimum absolute atomic E-state index is 0. The molecule has 0 amide bonds. The summed E-state index contributed by atoms with van der Waals surface area (Å²) in [4.78, 5) is 15.1. The number of aliphatic carboxylic acids is 1. The summed E-state index contributed by atoms with van der Waals surface area (Å²) in [6.45, 7) is 5.25. The summed E-state index contributed by atoms with van der Waals surface area (Å²) >= 11 is 0. The number of halogens is 2. The van der Waals surface area contributed by atoms with Crippen LogP contribution >= 0.6 is 12.4 Å². The Labute approximate surface area is 137 Å². The number of piperidine rings is 1. The zero-order valence-corrected chi connectivity index (χ0v) is 13.7. The first-order valence-electron chi connectivity index (χ1n) is 7.51. The molecule has 1 aromatic rings. The summed E-state index contributed by atoms with van der Waals surface area (Å²) in [5, 5.41) is 8.93. The molecule has 2 rings (SSSR count). The molecule has 1 fully saturated rings. The Balaban J connectivity index is 0.00000242. The SMILES string of the molecule is CCN(CC(=O)O)C1CCN(Cc2ccccc2F)CC1.Cl. The second kappa shape index (κ2) is 9.08. The normalized spacial score (nSPS) is 16.5. The second-order valence-corrected chi connectivity index (χ2v) is 5.56. The number of hydrogen-bond acceptors (Lipinski definition) is 3. The van der Waals surface area contributed by atoms with Crippen LogP contribution in [0.5, 0.6) is 0 Å². The van der Waals surface area contributed by atoms with Gasteiger partial charge in [-0.2, -0.15) is 0 Å². The molecule has 124 valence electrons. The van der Waals surface area contributed by atoms with Crippen LogP contribution in [-0.2, 0) is 11.3 Å². The van der Waals surface area contributed by atoms with Gasteiger partial charge in [-0.1, -0.05) is 25.1 Å². The Kier molecular flexibility index (Phi) is 7.79. The van der Waals surface area contributed by atoms with E-state index in [1.165, 1.54) is 6.07 Å². The topological polar surface area (TPSA) is 43.8 Å². The van der Waals surface area contributed by atoms with E-state index in [1.54, 1.807) is 6.07 Å². The van der Waals surface area contributed by atoms with Crippen LogP contribution in [0.15, 0.2) is 24.3 Å². The highest BCUT2D eigenvalue weighted by Crippen LogP contribution is 2.19. The molecule has 0 saturated carbocycles. The third kappa shape index (κ3) is 5.23. The first-order valence-corrected chi connectivity index (χ1v) is 7.51. The minimum atomic E-state index is -0.773. The molecule has 0 aromatic heterocycles. The molecule has 1 aliphatic heterocycles. The Bertz CT molecular complexity index is 479. The van der Waals surface area contributed by atoms with E-state index in [9.17, 15) is 9.18 Å². The molecule has 1 aromatic carbocycles. The van der Waals surface area contributed by atoms with Crippen molar-refractivity contribution in [1.29, 1.82) is 0 Å². The average Bonchev–Trinajstić information content (AvgIpc) is 2.48. The fraction of sp³-hybridized carbons (Fsp3) is 0.562. The Morgan fingerprint density at radius 2 is 2.00 bits per heavy atom. The average molecular weight is 331 g/mol. The highest BCUT2D eigenvalue weighted by Gasteiger charge is 2.25. The van der Waals surface area contributed by atoms with Gasteiger partial charge in [0, 0.05) is 18.2 Å². The highest BCUT2D eigenvalue weighted by molar-refractivity contribution is 5.85. The van der Waals surface area contributed by atoms with Gasteiger partial charge in [-0.3, -0.25) is 14.6 Å². The van der Waals surface area contributed by atoms with E-state index in [-0.39, 0.29) is 24.8 Å². The first-order chi connectivity index (χ1) is 10.1. The second-order valence-electron chi connectivity index (χ2n) is 5.56. The zero-order chi connectivity index (χ0) is 15.2. The molecular formula is C16H24ClFN2O2. The van der Waals surface area contributed by atoms with E-state index in [0.717, 1.165) is 38.0 Å². The standard InChI is InChI=1S/C16H23FN2O2.ClH/c1-2-19(12-16(20)21)14-7-9-18(10-8-14)11-13-5-3-4-6-15(13)17;/h3-6,14H,2,7-12H2,1H3,(H,20,21);1H. The summed E-state index contributed by atoms with van der Waals surface area (Å²) in [5.41, 5.74) is 0.730. The summed E-state index contributed by atoms with van der Waals surface area (Å²) < 4.78 is 13.6. The molecule has 0 atom stereocenters. The van der Waals surface area contributed by atoms with Gasteiger partial charge in [-0.25, -0.2) is 4.39 Å². The Morgan fingerprint density at radius 1 is 1.36 bits per heavy atom. The lowest BCUT2D eigenvalue weighted by molar-refractivity contribution is -0.139. The number of rotatable bonds is 6. The number of carbonyl (C=O) groups is 1. The molecule has 0 spiro atoms. The number of carboxylic acids is 1. The van der Waals surface area contributed by atoms with Gasteiger partial charge in [0.1, 0.15) is 5.82 Å². The maximum Gasteiger partial charge on any atom is 0.317 e. The zero-order valence-electron chi connectivity index (χ0n) is 12.9. The fourth-order valence-electron chi connectivity index (χ4n) is 2.98. The number of nitrogens with zero attached hydrogens (tertiary/aromatic N) is 2. The molecule has 6 heteroatoms. The molecule has 1 N–H and O–H groups in total. The predicted molar refractivity (Wildman–Crippen MR) is 86.8 cm³/mol. The van der Waals surface area contributed by atoms with Gasteiger partial charge in [0.25, 0.3) is 0 Å². The molecule has 1 heterocycles. The molecule has 0 radical (unpaired) electrons. The van der Waals surface area contributed by atoms with E-state index in [1.807, 2.05) is 24.0 Å². The lowest BCUT2D eigenvalue weighted by Gasteiger charge is -2.37. The van der Waals surface area contributed by atoms with Crippen molar-refractivity contribution in [3.63, 3.8) is 0 Å². The molecule has 4 nitrogen and oxygen atoms in total. The molecule has 0 unspecified atom stereocenters. The smallest absolute Gasteiger partial charge is 0.317 e. The Hall–Kier alpha value is -1.17. The van der Waals surface area contributed by atoms with Gasteiger partial charge in [0.15, 0.2) is 0 Å². The van der Waals surface area contributed by atoms with Crippen molar-refractivity contribution in [2.24, 2.45) is 0 Å². The van der Waals surface area contributed by atoms with Crippen LogP contribution in [0.25, 0.3) is 0 Å². The van der Waals surface area contributed by atoms with E-state index >= 15 is 0 Å². The summed E-state index contributed by atoms with van der Waals surface area (Å²) in [6, 6.07) is 7.20. The fourth-order valence-corrected chi connectivity index (χ4v) is 2.98. The van der Waals surface area contributed by atoms with E-state index in [2.05, 4.69) is 4.90 Å². The van der Waals surface area contributed by atoms with Crippen LogP contribution in [0.4, 0.5) is 4.39 Å². The van der Waals surface area contributed by atoms with E-state index in [4.69, 9.17) is 5.11 Å². The van der Waals surface area contributed by atoms with Gasteiger partial charge < -0.3 is 5.11 Å². The van der Waals surface area contributed by atoms with Gasteiger partial charge >= 0.3 is 5.97 Å². The molecular weight excluding hydrogens is 307 g/mol. The molecule has 1 aliphatic rings. The van der Waals surface area contributed by atoms with Crippen LogP contribution in [-0.4, -0.2) is 53.1 Å². The van der Waals surface area contributed by atoms with E-state index < -0.39 is 5.97 Å². The van der Waals surface area contributed by atoms with Crippen molar-refractivity contribution in [2.75, 3.05) is 26.2 Å². The van der Waals surface area contributed by atoms with Crippen molar-refractivity contribution in [1.82, 2.24) is 9.80 Å². The summed E-state index contributed by atoms with van der Waals surface area (Å²) in [5.74, 6) is -0.925. The van der Waals surface area contributed by atoms with Crippen molar-refractivity contribution in [3.8, 4) is 0 Å². The lowest BCUT2D eigenvalue weighted by atomic mass is 10.0. The van der Waals surface area contributed by atoms with Crippen molar-refractivity contribution in [2.45, 2.75) is 32.4 Å². The predicted octanol–water partition coefficient (Wildman–Crippen LogP) is 2.62. The quantitative estimate of drug-likeness (QED) is 0.871. The van der Waals surface area contributed by atoms with Crippen molar-refractivity contribution < 1.29 is 14.3 Å². The number of likely N-dealkylation sites (N-methyl/N-ethyl adjacent to an activating group) is 1. The molecule has 0 bridgehead atoms. The third-order valence-corrected chi connectivity index (χ3v) is 4.17. The van der Waals surface area contributed by atoms with Gasteiger partial charge in [-0.15, -0.1) is 12.4 Å². The van der Waals surface area contributed by atoms with Crippen LogP contribution in [0.2, 0.25) is 0 Å². The van der Waals surface area contributed by atoms with E-state index in [0.29, 0.717) is 12.6 Å². The third-order valence-electron chi connectivity index (χ3n) is 4.17. The lowest BCUT2D eigenvalue weighted by Crippen LogP contribution is -2.46. The molecule has 1 saturated heterocycles. The first kappa shape index (κ1) is 18.9. The molecule has 0 aliphatic carbocycles. The van der Waals surface area contributed by atoms with Crippen molar-refractivity contribution in [3.05, 3.63) is 35.6 Å². The van der Waals surface area contributed by atoms with Crippen LogP contribution in [0.1, 0.15) is 25.3 Å². The minimum Gasteiger partial charge on any atom is -0.480 e. The number of likely N-dealkylation sites (tertiary alicyclic amines) is 1. The number of hydrogen-bond donors (Lipinski definition) is 1. The maximum absolute atomic E-state index is 13.6. The van der Waals surface area contributed by atoms with Gasteiger partial charge in [-0.05, 0) is 38.5 Å². The van der Waals surface area contributed by atoms with Crippen molar-refractivity contribution >= 4 is 18.4 Å². The van der Waals surface area contributed by atoms with Gasteiger partial charge in [0.2, 0.25) is 0 Å². The summed E-state index contributed by atoms with van der Waals surface area (Å²) in [6.07, 6.45) is 1.88. The monoisotopic (exact) mass is 330 g/mol. The van der Waals surface area contributed by atoms with Crippen LogP contribution in [0.3, 0.4) is 0 Å². The highest BCUT2D eigenvalue weighted by atomic mass is 35.5. The maximum atomic E-state index is 13.6. The van der Waals surface area contributed by atoms with Crippen LogP contribution < -0.4 is 0 Å². The largest absolute Gasteiger partial charge is 0.480 e. The molecule has 22 heavy (non-hydrogen) atoms. The number of carboxylic acid groups (broad SMARTS) is 1. The van der Waals surface area contributed by atoms with Gasteiger partial charge in [0.05, 0.1) is 6.54 Å². The Morgan fingerprint density at radius 3 is 2.55 bits per heavy atom. The summed E-state index contributed by atoms with van der Waals surface area (Å²) in [7, 11) is 0. The number of benzene rings is 1. The van der Waals surface area contributed by atoms with Crippen LogP contribution in [0, 0.1) is 5.82 Å².